The molecule has 1 aromatic carbocycles. The lowest BCUT2D eigenvalue weighted by Crippen LogP contribution is -2.23. The smallest absolute Gasteiger partial charge is 0.433 e. The highest BCUT2D eigenvalue weighted by molar-refractivity contribution is 6.13. The zero-order chi connectivity index (χ0) is 17.0. The number of ether oxygens (including phenoxy) is 1. The minimum Gasteiger partial charge on any atom is -0.545 e. The van der Waals surface area contributed by atoms with Gasteiger partial charge in [0.05, 0.1) is 5.97 Å². The van der Waals surface area contributed by atoms with Crippen molar-refractivity contribution in [3.05, 3.63) is 65.9 Å². The van der Waals surface area contributed by atoms with Gasteiger partial charge in [0.2, 0.25) is 5.88 Å². The van der Waals surface area contributed by atoms with Crippen LogP contribution in [0.2, 0.25) is 0 Å². The van der Waals surface area contributed by atoms with Crippen LogP contribution in [0, 0.1) is 0 Å². The summed E-state index contributed by atoms with van der Waals surface area (Å²) >= 11 is 0. The van der Waals surface area contributed by atoms with Gasteiger partial charge in [0, 0.05) is 6.07 Å². The Labute approximate surface area is 129 Å². The maximum absolute atomic E-state index is 12.6. The normalized spacial score (nSPS) is 11.1. The molecule has 0 atom stereocenters. The van der Waals surface area contributed by atoms with Crippen LogP contribution in [0.4, 0.5) is 13.2 Å². The molecule has 0 aliphatic heterocycles. The standard InChI is InChI=1S/C16H12F3NO3/c1-10(15(21)22)12-6-3-2-5-11(12)9-23-14-8-4-7-13(20-14)16(17,18)19/h2-8H,1,9H2,(H,21,22)/p-1. The molecule has 2 rings (SSSR count). The van der Waals surface area contributed by atoms with Crippen LogP contribution in [0.15, 0.2) is 49.0 Å². The van der Waals surface area contributed by atoms with Gasteiger partial charge in [-0.05, 0) is 22.8 Å². The molecule has 120 valence electrons. The van der Waals surface area contributed by atoms with Crippen LogP contribution in [-0.4, -0.2) is 11.0 Å². The Balaban J connectivity index is 2.19. The van der Waals surface area contributed by atoms with E-state index in [1.165, 1.54) is 18.2 Å². The summed E-state index contributed by atoms with van der Waals surface area (Å²) in [6.07, 6.45) is -4.57. The van der Waals surface area contributed by atoms with Crippen molar-refractivity contribution >= 4 is 11.5 Å². The number of carboxylic acid groups (broad SMARTS) is 1. The SMILES string of the molecule is C=C(C(=O)[O-])c1ccccc1COc1cccc(C(F)(F)F)n1. The van der Waals surface area contributed by atoms with Crippen LogP contribution in [0.25, 0.3) is 5.57 Å². The number of rotatable bonds is 5. The third kappa shape index (κ3) is 4.09. The molecule has 0 aliphatic carbocycles. The highest BCUT2D eigenvalue weighted by atomic mass is 19.4. The number of alkyl halides is 3. The summed E-state index contributed by atoms with van der Waals surface area (Å²) in [7, 11) is 0. The van der Waals surface area contributed by atoms with E-state index >= 15 is 0 Å². The number of aromatic nitrogens is 1. The summed E-state index contributed by atoms with van der Waals surface area (Å²) in [4.78, 5) is 14.3. The largest absolute Gasteiger partial charge is 0.545 e. The van der Waals surface area contributed by atoms with Crippen molar-refractivity contribution in [3.63, 3.8) is 0 Å². The van der Waals surface area contributed by atoms with Gasteiger partial charge in [0.15, 0.2) is 0 Å². The van der Waals surface area contributed by atoms with Gasteiger partial charge >= 0.3 is 6.18 Å². The van der Waals surface area contributed by atoms with Crippen LogP contribution in [0.5, 0.6) is 5.88 Å². The van der Waals surface area contributed by atoms with Gasteiger partial charge in [-0.15, -0.1) is 0 Å². The van der Waals surface area contributed by atoms with Crippen molar-refractivity contribution in [2.45, 2.75) is 12.8 Å². The van der Waals surface area contributed by atoms with E-state index < -0.39 is 17.8 Å². The third-order valence-corrected chi connectivity index (χ3v) is 2.98. The molecule has 1 heterocycles. The number of nitrogens with zero attached hydrogens (tertiary/aromatic N) is 1. The minimum absolute atomic E-state index is 0.156. The molecule has 1 aromatic heterocycles. The first kappa shape index (κ1) is 16.5. The number of hydrogen-bond donors (Lipinski definition) is 0. The van der Waals surface area contributed by atoms with Gasteiger partial charge < -0.3 is 14.6 Å². The Morgan fingerprint density at radius 1 is 1.17 bits per heavy atom. The van der Waals surface area contributed by atoms with Crippen molar-refractivity contribution in [3.8, 4) is 5.88 Å². The molecule has 0 radical (unpaired) electrons. The molecule has 0 saturated carbocycles. The van der Waals surface area contributed by atoms with Crippen LogP contribution in [0.3, 0.4) is 0 Å². The van der Waals surface area contributed by atoms with Gasteiger partial charge in [-0.1, -0.05) is 36.9 Å². The summed E-state index contributed by atoms with van der Waals surface area (Å²) < 4.78 is 43.0. The molecule has 2 aromatic rings. The molecule has 0 unspecified atom stereocenters. The van der Waals surface area contributed by atoms with Gasteiger partial charge in [0.25, 0.3) is 0 Å². The number of carboxylic acids is 1. The van der Waals surface area contributed by atoms with E-state index in [4.69, 9.17) is 4.74 Å². The first-order chi connectivity index (χ1) is 10.8. The zero-order valence-electron chi connectivity index (χ0n) is 11.8. The first-order valence-electron chi connectivity index (χ1n) is 6.44. The molecular formula is C16H11F3NO3-. The lowest BCUT2D eigenvalue weighted by molar-refractivity contribution is -0.295. The van der Waals surface area contributed by atoms with Crippen LogP contribution < -0.4 is 9.84 Å². The molecule has 4 nitrogen and oxygen atoms in total. The summed E-state index contributed by atoms with van der Waals surface area (Å²) in [6, 6.07) is 9.63. The molecular weight excluding hydrogens is 311 g/mol. The Kier molecular flexibility index (Phi) is 4.68. The van der Waals surface area contributed by atoms with Gasteiger partial charge in [-0.3, -0.25) is 0 Å². The predicted molar refractivity (Wildman–Crippen MR) is 74.1 cm³/mol. The zero-order valence-corrected chi connectivity index (χ0v) is 11.8. The lowest BCUT2D eigenvalue weighted by atomic mass is 10.0. The van der Waals surface area contributed by atoms with Crippen molar-refractivity contribution < 1.29 is 27.8 Å². The number of carbonyl (C=O) groups is 1. The second-order valence-electron chi connectivity index (χ2n) is 4.57. The average Bonchev–Trinajstić information content (AvgIpc) is 2.52. The number of halogens is 3. The van der Waals surface area contributed by atoms with E-state index in [0.29, 0.717) is 11.1 Å². The van der Waals surface area contributed by atoms with E-state index in [2.05, 4.69) is 11.6 Å². The number of aliphatic carboxylic acids is 1. The van der Waals surface area contributed by atoms with Gasteiger partial charge in [-0.25, -0.2) is 4.98 Å². The fourth-order valence-corrected chi connectivity index (χ4v) is 1.86. The molecule has 0 saturated heterocycles. The van der Waals surface area contributed by atoms with Crippen LogP contribution >= 0.6 is 0 Å². The number of hydrogen-bond acceptors (Lipinski definition) is 4. The van der Waals surface area contributed by atoms with Crippen molar-refractivity contribution in [2.75, 3.05) is 0 Å². The summed E-state index contributed by atoms with van der Waals surface area (Å²) in [6.45, 7) is 3.25. The maximum Gasteiger partial charge on any atom is 0.433 e. The fourth-order valence-electron chi connectivity index (χ4n) is 1.86. The summed E-state index contributed by atoms with van der Waals surface area (Å²) in [5, 5.41) is 10.9. The van der Waals surface area contributed by atoms with Crippen molar-refractivity contribution in [1.29, 1.82) is 0 Å². The van der Waals surface area contributed by atoms with E-state index in [1.54, 1.807) is 18.2 Å². The monoisotopic (exact) mass is 322 g/mol. The number of benzene rings is 1. The minimum atomic E-state index is -4.57. The molecule has 23 heavy (non-hydrogen) atoms. The fraction of sp³-hybridized carbons (Fsp3) is 0.125. The first-order valence-corrected chi connectivity index (χ1v) is 6.44. The average molecular weight is 322 g/mol. The van der Waals surface area contributed by atoms with E-state index in [0.717, 1.165) is 6.07 Å². The molecule has 0 spiro atoms. The maximum atomic E-state index is 12.6. The summed E-state index contributed by atoms with van der Waals surface area (Å²) in [5.41, 5.74) is -0.566. The molecule has 0 N–H and O–H groups in total. The second kappa shape index (κ2) is 6.51. The lowest BCUT2D eigenvalue weighted by Gasteiger charge is -2.14. The quantitative estimate of drug-likeness (QED) is 0.793. The highest BCUT2D eigenvalue weighted by Gasteiger charge is 2.32. The molecule has 0 aliphatic rings. The molecule has 0 bridgehead atoms. The van der Waals surface area contributed by atoms with Crippen LogP contribution in [-0.2, 0) is 17.6 Å². The predicted octanol–water partition coefficient (Wildman–Crippen LogP) is 2.44. The highest BCUT2D eigenvalue weighted by Crippen LogP contribution is 2.29. The van der Waals surface area contributed by atoms with Crippen LogP contribution in [0.1, 0.15) is 16.8 Å². The molecule has 7 heteroatoms. The van der Waals surface area contributed by atoms with Gasteiger partial charge in [0.1, 0.15) is 12.3 Å². The van der Waals surface area contributed by atoms with E-state index in [1.807, 2.05) is 0 Å². The Morgan fingerprint density at radius 3 is 2.52 bits per heavy atom. The van der Waals surface area contributed by atoms with Gasteiger partial charge in [-0.2, -0.15) is 13.2 Å². The Morgan fingerprint density at radius 2 is 1.87 bits per heavy atom. The third-order valence-electron chi connectivity index (χ3n) is 2.98. The Hall–Kier alpha value is -2.83. The van der Waals surface area contributed by atoms with E-state index in [9.17, 15) is 23.1 Å². The summed E-state index contributed by atoms with van der Waals surface area (Å²) in [5.74, 6) is -1.65. The Bertz CT molecular complexity index is 741. The number of pyridine rings is 1. The topological polar surface area (TPSA) is 62.2 Å². The van der Waals surface area contributed by atoms with E-state index in [-0.39, 0.29) is 18.1 Å². The van der Waals surface area contributed by atoms with Crippen molar-refractivity contribution in [2.24, 2.45) is 0 Å². The molecule has 0 fully saturated rings. The van der Waals surface area contributed by atoms with Crippen molar-refractivity contribution in [1.82, 2.24) is 4.98 Å². The second-order valence-corrected chi connectivity index (χ2v) is 4.57. The molecule has 0 amide bonds. The number of carbonyl (C=O) groups excluding carboxylic acids is 1.